The van der Waals surface area contributed by atoms with E-state index in [9.17, 15) is 4.79 Å². The molecule has 2 N–H and O–H groups in total. The Morgan fingerprint density at radius 2 is 1.97 bits per heavy atom. The lowest BCUT2D eigenvalue weighted by Gasteiger charge is -2.36. The highest BCUT2D eigenvalue weighted by Gasteiger charge is 2.33. The van der Waals surface area contributed by atoms with E-state index in [4.69, 9.17) is 4.74 Å². The number of carbonyl (C=O) groups is 1. The van der Waals surface area contributed by atoms with Gasteiger partial charge in [-0.05, 0) is 48.7 Å². The maximum atomic E-state index is 13.1. The minimum absolute atomic E-state index is 0.0941. The highest BCUT2D eigenvalue weighted by molar-refractivity contribution is 5.82. The second kappa shape index (κ2) is 8.53. The van der Waals surface area contributed by atoms with Crippen molar-refractivity contribution in [3.8, 4) is 5.75 Å². The maximum absolute atomic E-state index is 13.1. The molecule has 0 saturated carbocycles. The summed E-state index contributed by atoms with van der Waals surface area (Å²) in [7, 11) is 5.73. The van der Waals surface area contributed by atoms with Crippen LogP contribution in [0.3, 0.4) is 0 Å². The zero-order valence-corrected chi connectivity index (χ0v) is 17.4. The molecular weight excluding hydrogens is 364 g/mol. The van der Waals surface area contributed by atoms with Crippen LogP contribution in [0.5, 0.6) is 5.75 Å². The van der Waals surface area contributed by atoms with Crippen molar-refractivity contribution in [3.63, 3.8) is 0 Å². The van der Waals surface area contributed by atoms with E-state index in [0.717, 1.165) is 37.2 Å². The summed E-state index contributed by atoms with van der Waals surface area (Å²) in [5, 5.41) is 0. The van der Waals surface area contributed by atoms with Gasteiger partial charge in [-0.25, -0.2) is 10.9 Å². The maximum Gasteiger partial charge on any atom is 0.240 e. The molecule has 0 aromatic heterocycles. The number of likely N-dealkylation sites (N-methyl/N-ethyl adjacent to an activating group) is 2. The number of ether oxygens (including phenoxy) is 1. The van der Waals surface area contributed by atoms with Crippen molar-refractivity contribution in [2.45, 2.75) is 37.5 Å². The zero-order valence-electron chi connectivity index (χ0n) is 17.4. The Labute approximate surface area is 172 Å². The minimum atomic E-state index is -0.225. The molecule has 1 amide bonds. The highest BCUT2D eigenvalue weighted by Crippen LogP contribution is 2.26. The highest BCUT2D eigenvalue weighted by atomic mass is 16.5. The summed E-state index contributed by atoms with van der Waals surface area (Å²) >= 11 is 0. The molecule has 2 aromatic carbocycles. The molecule has 6 nitrogen and oxygen atoms in total. The average molecular weight is 395 g/mol. The van der Waals surface area contributed by atoms with Crippen LogP contribution in [-0.2, 0) is 17.8 Å². The molecule has 3 atom stereocenters. The molecular formula is C23H30N4O2. The molecule has 29 heavy (non-hydrogen) atoms. The number of hydrogen-bond acceptors (Lipinski definition) is 5. The standard InChI is InChI=1S/C23H30N4O2/c1-26-14-18-8-5-4-7-16(18)11-19(26)15-27(2)23(28)22-13-21(24-25-22)17-9-6-10-20(12-17)29-3/h4-10,12,19,21-22,24-25H,11,13-15H2,1-3H3. The predicted molar refractivity (Wildman–Crippen MR) is 113 cm³/mol. The van der Waals surface area contributed by atoms with Crippen molar-refractivity contribution in [3.05, 3.63) is 65.2 Å². The normalized spacial score (nSPS) is 24.2. The Bertz CT molecular complexity index is 871. The van der Waals surface area contributed by atoms with Gasteiger partial charge in [-0.3, -0.25) is 9.69 Å². The van der Waals surface area contributed by atoms with Crippen molar-refractivity contribution >= 4 is 5.91 Å². The van der Waals surface area contributed by atoms with E-state index in [1.807, 2.05) is 30.1 Å². The van der Waals surface area contributed by atoms with Crippen LogP contribution in [0.4, 0.5) is 0 Å². The number of methoxy groups -OCH3 is 1. The number of hydrazine groups is 1. The Morgan fingerprint density at radius 1 is 1.17 bits per heavy atom. The van der Waals surface area contributed by atoms with Gasteiger partial charge < -0.3 is 9.64 Å². The molecule has 1 fully saturated rings. The third-order valence-electron chi connectivity index (χ3n) is 6.18. The van der Waals surface area contributed by atoms with Gasteiger partial charge in [0.1, 0.15) is 11.8 Å². The second-order valence-electron chi connectivity index (χ2n) is 8.17. The van der Waals surface area contributed by atoms with Gasteiger partial charge >= 0.3 is 0 Å². The number of hydrogen-bond donors (Lipinski definition) is 2. The summed E-state index contributed by atoms with van der Waals surface area (Å²) in [6.45, 7) is 1.66. The first-order valence-electron chi connectivity index (χ1n) is 10.2. The van der Waals surface area contributed by atoms with Crippen molar-refractivity contribution < 1.29 is 9.53 Å². The van der Waals surface area contributed by atoms with E-state index in [0.29, 0.717) is 6.04 Å². The van der Waals surface area contributed by atoms with Crippen LogP contribution in [0.25, 0.3) is 0 Å². The third kappa shape index (κ3) is 4.29. The van der Waals surface area contributed by atoms with Crippen LogP contribution >= 0.6 is 0 Å². The number of rotatable bonds is 5. The SMILES string of the molecule is COc1cccc(C2CC(C(=O)N(C)CC3Cc4ccccc4CN3C)NN2)c1. The average Bonchev–Trinajstić information content (AvgIpc) is 3.24. The first-order chi connectivity index (χ1) is 14.0. The summed E-state index contributed by atoms with van der Waals surface area (Å²) in [4.78, 5) is 17.3. The minimum Gasteiger partial charge on any atom is -0.497 e. The predicted octanol–water partition coefficient (Wildman–Crippen LogP) is 2.12. The number of nitrogens with zero attached hydrogens (tertiary/aromatic N) is 2. The summed E-state index contributed by atoms with van der Waals surface area (Å²) in [5.74, 6) is 0.965. The molecule has 3 unspecified atom stereocenters. The van der Waals surface area contributed by atoms with Gasteiger partial charge in [-0.2, -0.15) is 0 Å². The molecule has 2 aliphatic heterocycles. The molecule has 0 radical (unpaired) electrons. The van der Waals surface area contributed by atoms with Gasteiger partial charge in [0.25, 0.3) is 0 Å². The molecule has 154 valence electrons. The topological polar surface area (TPSA) is 56.8 Å². The van der Waals surface area contributed by atoms with Crippen molar-refractivity contribution in [2.75, 3.05) is 27.7 Å². The second-order valence-corrected chi connectivity index (χ2v) is 8.17. The Hall–Kier alpha value is -2.41. The Balaban J connectivity index is 1.36. The molecule has 1 saturated heterocycles. The van der Waals surface area contributed by atoms with Gasteiger partial charge in [0.05, 0.1) is 7.11 Å². The number of nitrogens with one attached hydrogen (secondary N) is 2. The van der Waals surface area contributed by atoms with Crippen LogP contribution in [0, 0.1) is 0 Å². The smallest absolute Gasteiger partial charge is 0.240 e. The molecule has 2 aromatic rings. The summed E-state index contributed by atoms with van der Waals surface area (Å²) in [5.41, 5.74) is 10.4. The molecule has 6 heteroatoms. The number of carbonyl (C=O) groups excluding carboxylic acids is 1. The van der Waals surface area contributed by atoms with Gasteiger partial charge in [-0.15, -0.1) is 0 Å². The van der Waals surface area contributed by atoms with Crippen LogP contribution in [0.1, 0.15) is 29.2 Å². The lowest BCUT2D eigenvalue weighted by molar-refractivity contribution is -0.132. The first kappa shape index (κ1) is 19.9. The number of amides is 1. The Kier molecular flexibility index (Phi) is 5.85. The summed E-state index contributed by atoms with van der Waals surface area (Å²) in [6, 6.07) is 16.8. The zero-order chi connectivity index (χ0) is 20.4. The summed E-state index contributed by atoms with van der Waals surface area (Å²) < 4.78 is 5.32. The fraction of sp³-hybridized carbons (Fsp3) is 0.435. The van der Waals surface area contributed by atoms with Crippen LogP contribution < -0.4 is 15.6 Å². The lowest BCUT2D eigenvalue weighted by Crippen LogP contribution is -2.50. The monoisotopic (exact) mass is 394 g/mol. The molecule has 2 heterocycles. The molecule has 4 rings (SSSR count). The fourth-order valence-electron chi connectivity index (χ4n) is 4.39. The van der Waals surface area contributed by atoms with E-state index in [1.165, 1.54) is 11.1 Å². The molecule has 0 bridgehead atoms. The first-order valence-corrected chi connectivity index (χ1v) is 10.2. The van der Waals surface area contributed by atoms with E-state index in [-0.39, 0.29) is 18.0 Å². The largest absolute Gasteiger partial charge is 0.497 e. The quantitative estimate of drug-likeness (QED) is 0.814. The van der Waals surface area contributed by atoms with Crippen LogP contribution in [0.2, 0.25) is 0 Å². The number of benzene rings is 2. The molecule has 0 aliphatic carbocycles. The fourth-order valence-corrected chi connectivity index (χ4v) is 4.39. The lowest BCUT2D eigenvalue weighted by atomic mass is 9.94. The van der Waals surface area contributed by atoms with E-state index >= 15 is 0 Å². The van der Waals surface area contributed by atoms with E-state index in [2.05, 4.69) is 53.1 Å². The van der Waals surface area contributed by atoms with E-state index < -0.39 is 0 Å². The van der Waals surface area contributed by atoms with Gasteiger partial charge in [0.2, 0.25) is 5.91 Å². The van der Waals surface area contributed by atoms with Gasteiger partial charge in [0.15, 0.2) is 0 Å². The van der Waals surface area contributed by atoms with Crippen molar-refractivity contribution in [1.82, 2.24) is 20.7 Å². The van der Waals surface area contributed by atoms with Crippen LogP contribution in [-0.4, -0.2) is 55.5 Å². The third-order valence-corrected chi connectivity index (χ3v) is 6.18. The molecule has 0 spiro atoms. The van der Waals surface area contributed by atoms with Gasteiger partial charge in [-0.1, -0.05) is 36.4 Å². The number of fused-ring (bicyclic) bond motifs is 1. The van der Waals surface area contributed by atoms with Crippen molar-refractivity contribution in [1.29, 1.82) is 0 Å². The van der Waals surface area contributed by atoms with Gasteiger partial charge in [0, 0.05) is 32.2 Å². The Morgan fingerprint density at radius 3 is 2.76 bits per heavy atom. The van der Waals surface area contributed by atoms with E-state index in [1.54, 1.807) is 7.11 Å². The van der Waals surface area contributed by atoms with Crippen molar-refractivity contribution in [2.24, 2.45) is 0 Å². The summed E-state index contributed by atoms with van der Waals surface area (Å²) in [6.07, 6.45) is 1.70. The van der Waals surface area contributed by atoms with Crippen LogP contribution in [0.15, 0.2) is 48.5 Å². The molecule has 2 aliphatic rings.